The summed E-state index contributed by atoms with van der Waals surface area (Å²) in [6.07, 6.45) is 2.13. The highest BCUT2D eigenvalue weighted by molar-refractivity contribution is 6.13. The fourth-order valence-electron chi connectivity index (χ4n) is 4.57. The summed E-state index contributed by atoms with van der Waals surface area (Å²) in [7, 11) is 0. The smallest absolute Gasteiger partial charge is 0.00130 e. The first-order valence-corrected chi connectivity index (χ1v) is 7.97. The van der Waals surface area contributed by atoms with E-state index in [2.05, 4.69) is 60.7 Å². The molecule has 0 aliphatic heterocycles. The molecule has 0 N–H and O–H groups in total. The first-order valence-electron chi connectivity index (χ1n) is 7.97. The molecule has 0 radical (unpaired) electrons. The Hall–Kier alpha value is -2.60. The van der Waals surface area contributed by atoms with Crippen molar-refractivity contribution in [2.24, 2.45) is 0 Å². The van der Waals surface area contributed by atoms with Crippen molar-refractivity contribution in [1.29, 1.82) is 0 Å². The van der Waals surface area contributed by atoms with Crippen LogP contribution in [0.5, 0.6) is 0 Å². The molecular weight excluding hydrogens is 264 g/mol. The van der Waals surface area contributed by atoms with E-state index in [9.17, 15) is 0 Å². The van der Waals surface area contributed by atoms with E-state index in [1.165, 1.54) is 54.9 Å². The van der Waals surface area contributed by atoms with Crippen LogP contribution in [-0.2, 0) is 12.8 Å². The Labute approximate surface area is 129 Å². The van der Waals surface area contributed by atoms with Gasteiger partial charge in [0.2, 0.25) is 0 Å². The van der Waals surface area contributed by atoms with Crippen LogP contribution < -0.4 is 0 Å². The highest BCUT2D eigenvalue weighted by Gasteiger charge is 2.27. The van der Waals surface area contributed by atoms with Crippen molar-refractivity contribution in [1.82, 2.24) is 0 Å². The molecule has 0 bridgehead atoms. The molecule has 4 aromatic carbocycles. The molecule has 4 aromatic rings. The summed E-state index contributed by atoms with van der Waals surface area (Å²) in [4.78, 5) is 0. The van der Waals surface area contributed by atoms with Gasteiger partial charge in [-0.05, 0) is 67.8 Å². The molecule has 0 heteroatoms. The number of benzene rings is 4. The second-order valence-electron chi connectivity index (χ2n) is 6.58. The quantitative estimate of drug-likeness (QED) is 0.346. The molecule has 102 valence electrons. The third-order valence-corrected chi connectivity index (χ3v) is 5.45. The standard InChI is InChI=1S/C22H14/c1-3-13-7-9-18-12-16-6-2-4-14-8-10-17-11-15(5-1)19(13)21(18)22(17)20(14)16/h1-10H,11-12H2. The van der Waals surface area contributed by atoms with Gasteiger partial charge in [-0.1, -0.05) is 60.7 Å². The molecule has 0 aromatic heterocycles. The first-order chi connectivity index (χ1) is 10.9. The van der Waals surface area contributed by atoms with Crippen LogP contribution in [-0.4, -0.2) is 0 Å². The molecule has 0 saturated heterocycles. The van der Waals surface area contributed by atoms with Crippen molar-refractivity contribution >= 4 is 21.5 Å². The third-order valence-electron chi connectivity index (χ3n) is 5.45. The van der Waals surface area contributed by atoms with Crippen LogP contribution in [0.4, 0.5) is 0 Å². The van der Waals surface area contributed by atoms with Crippen molar-refractivity contribution in [3.8, 4) is 11.1 Å². The van der Waals surface area contributed by atoms with E-state index >= 15 is 0 Å². The van der Waals surface area contributed by atoms with Crippen molar-refractivity contribution in [3.63, 3.8) is 0 Å². The molecule has 22 heavy (non-hydrogen) atoms. The lowest BCUT2D eigenvalue weighted by Crippen LogP contribution is -2.09. The van der Waals surface area contributed by atoms with E-state index in [-0.39, 0.29) is 0 Å². The molecule has 0 nitrogen and oxygen atoms in total. The molecule has 0 atom stereocenters. The Kier molecular flexibility index (Phi) is 1.80. The summed E-state index contributed by atoms with van der Waals surface area (Å²) in [6, 6.07) is 22.8. The Morgan fingerprint density at radius 3 is 1.45 bits per heavy atom. The normalized spacial score (nSPS) is 14.0. The van der Waals surface area contributed by atoms with Gasteiger partial charge >= 0.3 is 0 Å². The van der Waals surface area contributed by atoms with E-state index in [0.29, 0.717) is 0 Å². The summed E-state index contributed by atoms with van der Waals surface area (Å²) in [5, 5.41) is 5.76. The van der Waals surface area contributed by atoms with Gasteiger partial charge in [0.05, 0.1) is 0 Å². The summed E-state index contributed by atoms with van der Waals surface area (Å²) < 4.78 is 0. The minimum atomic E-state index is 1.06. The predicted octanol–water partition coefficient (Wildman–Crippen LogP) is 5.47. The van der Waals surface area contributed by atoms with Gasteiger partial charge in [0.15, 0.2) is 0 Å². The van der Waals surface area contributed by atoms with Gasteiger partial charge in [-0.3, -0.25) is 0 Å². The zero-order chi connectivity index (χ0) is 14.3. The minimum absolute atomic E-state index is 1.06. The minimum Gasteiger partial charge on any atom is -0.0613 e. The molecule has 0 fully saturated rings. The van der Waals surface area contributed by atoms with Gasteiger partial charge in [0, 0.05) is 0 Å². The van der Waals surface area contributed by atoms with Crippen LogP contribution in [0.1, 0.15) is 22.3 Å². The van der Waals surface area contributed by atoms with Gasteiger partial charge in [-0.25, -0.2) is 0 Å². The van der Waals surface area contributed by atoms with Crippen LogP contribution in [0, 0.1) is 0 Å². The molecule has 0 saturated carbocycles. The molecular formula is C22H14. The van der Waals surface area contributed by atoms with Crippen LogP contribution in [0.15, 0.2) is 60.7 Å². The molecule has 0 spiro atoms. The van der Waals surface area contributed by atoms with Crippen LogP contribution in [0.3, 0.4) is 0 Å². The summed E-state index contributed by atoms with van der Waals surface area (Å²) in [6.45, 7) is 0. The first kappa shape index (κ1) is 11.0. The van der Waals surface area contributed by atoms with Gasteiger partial charge < -0.3 is 0 Å². The molecule has 0 heterocycles. The lowest BCUT2D eigenvalue weighted by atomic mass is 9.74. The van der Waals surface area contributed by atoms with E-state index in [4.69, 9.17) is 0 Å². The Morgan fingerprint density at radius 1 is 0.455 bits per heavy atom. The zero-order valence-corrected chi connectivity index (χ0v) is 12.2. The fourth-order valence-corrected chi connectivity index (χ4v) is 4.57. The summed E-state index contributed by atoms with van der Waals surface area (Å²) >= 11 is 0. The maximum Gasteiger partial charge on any atom is -0.00130 e. The van der Waals surface area contributed by atoms with Crippen molar-refractivity contribution in [2.75, 3.05) is 0 Å². The molecule has 0 unspecified atom stereocenters. The lowest BCUT2D eigenvalue weighted by Gasteiger charge is -2.29. The van der Waals surface area contributed by atoms with Crippen molar-refractivity contribution < 1.29 is 0 Å². The van der Waals surface area contributed by atoms with Crippen LogP contribution in [0.25, 0.3) is 32.7 Å². The second kappa shape index (κ2) is 3.59. The maximum atomic E-state index is 2.34. The average Bonchev–Trinajstić information content (AvgIpc) is 2.57. The highest BCUT2D eigenvalue weighted by atomic mass is 14.3. The van der Waals surface area contributed by atoms with Gasteiger partial charge in [0.25, 0.3) is 0 Å². The van der Waals surface area contributed by atoms with Crippen LogP contribution >= 0.6 is 0 Å². The number of hydrogen-bond donors (Lipinski definition) is 0. The van der Waals surface area contributed by atoms with E-state index in [1.807, 2.05) is 0 Å². The summed E-state index contributed by atoms with van der Waals surface area (Å²) in [5.41, 5.74) is 8.98. The van der Waals surface area contributed by atoms with Gasteiger partial charge in [-0.2, -0.15) is 0 Å². The molecule has 2 aliphatic carbocycles. The lowest BCUT2D eigenvalue weighted by molar-refractivity contribution is 1.15. The average molecular weight is 278 g/mol. The second-order valence-corrected chi connectivity index (χ2v) is 6.58. The highest BCUT2D eigenvalue weighted by Crippen LogP contribution is 2.48. The topological polar surface area (TPSA) is 0 Å². The largest absolute Gasteiger partial charge is 0.0613 e. The Balaban J connectivity index is 1.95. The predicted molar refractivity (Wildman–Crippen MR) is 92.5 cm³/mol. The van der Waals surface area contributed by atoms with Crippen LogP contribution in [0.2, 0.25) is 0 Å². The third kappa shape index (κ3) is 1.16. The van der Waals surface area contributed by atoms with Crippen molar-refractivity contribution in [2.45, 2.75) is 12.8 Å². The zero-order valence-electron chi connectivity index (χ0n) is 12.2. The fraction of sp³-hybridized carbons (Fsp3) is 0.0909. The summed E-state index contributed by atoms with van der Waals surface area (Å²) in [5.74, 6) is 0. The van der Waals surface area contributed by atoms with Crippen molar-refractivity contribution in [3.05, 3.63) is 82.9 Å². The monoisotopic (exact) mass is 278 g/mol. The maximum absolute atomic E-state index is 2.34. The number of hydrogen-bond acceptors (Lipinski definition) is 0. The molecule has 2 aliphatic rings. The number of rotatable bonds is 0. The van der Waals surface area contributed by atoms with E-state index in [0.717, 1.165) is 12.8 Å². The van der Waals surface area contributed by atoms with Gasteiger partial charge in [-0.15, -0.1) is 0 Å². The van der Waals surface area contributed by atoms with E-state index in [1.54, 1.807) is 0 Å². The van der Waals surface area contributed by atoms with E-state index < -0.39 is 0 Å². The van der Waals surface area contributed by atoms with Gasteiger partial charge in [0.1, 0.15) is 0 Å². The SMILES string of the molecule is c1cc2c3c4c(ccc3c1)Cc1cccc3ccc(c-4c13)C2. The Morgan fingerprint density at radius 2 is 0.955 bits per heavy atom. The Bertz CT molecular complexity index is 1020. The molecule has 6 rings (SSSR count). The molecule has 0 amide bonds.